The Morgan fingerprint density at radius 1 is 0.588 bits per heavy atom. The molecule has 4 heteroatoms. The van der Waals surface area contributed by atoms with Crippen molar-refractivity contribution in [3.63, 3.8) is 0 Å². The van der Waals surface area contributed by atoms with Crippen LogP contribution in [-0.4, -0.2) is 5.92 Å². The maximum Gasteiger partial charge on any atom is -1.00 e. The van der Waals surface area contributed by atoms with E-state index in [1.807, 2.05) is 0 Å². The average molecular weight is 580 g/mol. The minimum Gasteiger partial charge on any atom is -1.00 e. The maximum absolute atomic E-state index is 2.66. The molecular formula is C30H29Cl2SiZr. The summed E-state index contributed by atoms with van der Waals surface area (Å²) in [7, 11) is 0. The van der Waals surface area contributed by atoms with Crippen molar-refractivity contribution in [3.05, 3.63) is 107 Å². The zero-order valence-electron chi connectivity index (χ0n) is 20.1. The van der Waals surface area contributed by atoms with Gasteiger partial charge in [-0.25, -0.2) is 0 Å². The van der Waals surface area contributed by atoms with E-state index in [1.165, 1.54) is 21.5 Å². The van der Waals surface area contributed by atoms with Crippen molar-refractivity contribution in [3.8, 4) is 0 Å². The Balaban J connectivity index is 0.00000137. The van der Waals surface area contributed by atoms with Gasteiger partial charge in [0.05, 0.1) is 0 Å². The molecule has 6 rings (SSSR count). The standard InChI is InChI=1S/2C14H11.C2H7Si.2ClH.Zr/c2*1-10-6-7-13-8-11-4-2-3-5-12(11)9-14(10)13;1-3-2;;;/h2*2-6,8-10H,1H3;3H,1-2H3;2*1H;/q;;;;;+2/p-2. The number of halogens is 2. The van der Waals surface area contributed by atoms with E-state index >= 15 is 0 Å². The van der Waals surface area contributed by atoms with Gasteiger partial charge in [-0.3, -0.25) is 0 Å². The zero-order chi connectivity index (χ0) is 22.0. The van der Waals surface area contributed by atoms with Crippen LogP contribution >= 0.6 is 0 Å². The predicted molar refractivity (Wildman–Crippen MR) is 140 cm³/mol. The van der Waals surface area contributed by atoms with Crippen molar-refractivity contribution in [2.75, 3.05) is 0 Å². The van der Waals surface area contributed by atoms with Crippen molar-refractivity contribution in [2.45, 2.75) is 38.8 Å². The molecule has 2 aliphatic carbocycles. The van der Waals surface area contributed by atoms with E-state index < -0.39 is 26.8 Å². The topological polar surface area (TPSA) is 0 Å². The summed E-state index contributed by atoms with van der Waals surface area (Å²) in [5, 5.41) is 5.54. The Bertz CT molecular complexity index is 1350. The van der Waals surface area contributed by atoms with Crippen LogP contribution < -0.4 is 24.8 Å². The first-order valence-corrected chi connectivity index (χ1v) is 21.5. The van der Waals surface area contributed by atoms with Crippen LogP contribution in [-0.2, 0) is 20.9 Å². The molecule has 0 fully saturated rings. The van der Waals surface area contributed by atoms with Crippen LogP contribution in [0.15, 0.2) is 84.9 Å². The van der Waals surface area contributed by atoms with Gasteiger partial charge in [0, 0.05) is 0 Å². The number of benzene rings is 4. The molecule has 0 saturated carbocycles. The smallest absolute Gasteiger partial charge is 1.00 e. The molecule has 0 aromatic heterocycles. The molecule has 4 aromatic carbocycles. The Kier molecular flexibility index (Phi) is 7.47. The molecule has 171 valence electrons. The van der Waals surface area contributed by atoms with Crippen LogP contribution in [0, 0.1) is 0 Å². The second-order valence-electron chi connectivity index (χ2n) is 9.88. The summed E-state index contributed by atoms with van der Waals surface area (Å²) in [5.74, 6) is 0.234. The van der Waals surface area contributed by atoms with Crippen LogP contribution in [0.3, 0.4) is 0 Å². The van der Waals surface area contributed by atoms with Gasteiger partial charge >= 0.3 is 201 Å². The van der Waals surface area contributed by atoms with E-state index in [0.717, 1.165) is 0 Å². The van der Waals surface area contributed by atoms with Gasteiger partial charge in [0.2, 0.25) is 0 Å². The Morgan fingerprint density at radius 3 is 1.29 bits per heavy atom. The summed E-state index contributed by atoms with van der Waals surface area (Å²) in [5.41, 5.74) is 6.26. The minimum absolute atomic E-state index is 0. The first kappa shape index (κ1) is 25.6. The predicted octanol–water partition coefficient (Wildman–Crippen LogP) is 2.22. The number of hydrogen-bond acceptors (Lipinski definition) is 0. The normalized spacial score (nSPS) is 18.1. The summed E-state index contributed by atoms with van der Waals surface area (Å²) in [6.45, 7) is 10.0. The number of fused-ring (bicyclic) bond motifs is 4. The molecule has 0 bridgehead atoms. The zero-order valence-corrected chi connectivity index (χ0v) is 25.2. The van der Waals surface area contributed by atoms with Crippen LogP contribution in [0.25, 0.3) is 28.1 Å². The van der Waals surface area contributed by atoms with E-state index in [4.69, 9.17) is 0 Å². The molecule has 0 nitrogen and oxygen atoms in total. The summed E-state index contributed by atoms with van der Waals surface area (Å²) in [6, 6.07) is 27.7. The quantitative estimate of drug-likeness (QED) is 0.327. The van der Waals surface area contributed by atoms with Crippen LogP contribution in [0.4, 0.5) is 0 Å². The van der Waals surface area contributed by atoms with Gasteiger partial charge in [0.1, 0.15) is 0 Å². The SMILES string of the molecule is CC1C=[C]([Zr+2]([C]2=CC(C)c3cc4ccccc4cc32)[SiH](C)C)c2cc3ccccc3cc21.[Cl-].[Cl-]. The number of allylic oxidation sites excluding steroid dienone is 2. The molecule has 0 heterocycles. The molecule has 0 amide bonds. The first-order chi connectivity index (χ1) is 15.5. The molecule has 0 N–H and O–H groups in total. The van der Waals surface area contributed by atoms with Crippen LogP contribution in [0.2, 0.25) is 13.1 Å². The first-order valence-electron chi connectivity index (χ1n) is 11.9. The van der Waals surface area contributed by atoms with Crippen LogP contribution in [0.5, 0.6) is 0 Å². The largest absolute Gasteiger partial charge is 1.00 e. The van der Waals surface area contributed by atoms with Crippen molar-refractivity contribution in [1.82, 2.24) is 0 Å². The van der Waals surface area contributed by atoms with Crippen molar-refractivity contribution in [1.29, 1.82) is 0 Å². The third kappa shape index (κ3) is 4.11. The van der Waals surface area contributed by atoms with E-state index in [0.29, 0.717) is 11.8 Å². The third-order valence-corrected chi connectivity index (χ3v) is 25.7. The van der Waals surface area contributed by atoms with Gasteiger partial charge < -0.3 is 24.8 Å². The van der Waals surface area contributed by atoms with E-state index in [-0.39, 0.29) is 24.8 Å². The summed E-state index contributed by atoms with van der Waals surface area (Å²) in [6.07, 6.45) is 5.33. The second kappa shape index (κ2) is 9.90. The molecule has 0 saturated heterocycles. The van der Waals surface area contributed by atoms with Gasteiger partial charge in [-0.2, -0.15) is 0 Å². The van der Waals surface area contributed by atoms with E-state index in [2.05, 4.69) is 112 Å². The molecule has 0 spiro atoms. The Hall–Kier alpha value is -1.44. The number of hydrogen-bond donors (Lipinski definition) is 0. The molecule has 2 aliphatic rings. The van der Waals surface area contributed by atoms with Crippen molar-refractivity contribution >= 4 is 34.0 Å². The summed E-state index contributed by atoms with van der Waals surface area (Å²) < 4.78 is 3.56. The molecule has 2 atom stereocenters. The molecule has 2 unspecified atom stereocenters. The maximum atomic E-state index is 2.66. The van der Waals surface area contributed by atoms with Gasteiger partial charge in [-0.1, -0.05) is 0 Å². The van der Waals surface area contributed by atoms with Gasteiger partial charge in [0.25, 0.3) is 0 Å². The average Bonchev–Trinajstić information content (AvgIpc) is 3.27. The fourth-order valence-electron chi connectivity index (χ4n) is 5.83. The third-order valence-electron chi connectivity index (χ3n) is 7.39. The van der Waals surface area contributed by atoms with Crippen LogP contribution in [0.1, 0.15) is 47.9 Å². The monoisotopic (exact) mass is 577 g/mol. The molecule has 4 aromatic rings. The van der Waals surface area contributed by atoms with Crippen molar-refractivity contribution < 1.29 is 45.7 Å². The Labute approximate surface area is 224 Å². The fourth-order valence-corrected chi connectivity index (χ4v) is 24.5. The van der Waals surface area contributed by atoms with Gasteiger partial charge in [-0.15, -0.1) is 0 Å². The summed E-state index contributed by atoms with van der Waals surface area (Å²) >= 11 is -2.02. The molecule has 34 heavy (non-hydrogen) atoms. The fraction of sp³-hybridized carbons (Fsp3) is 0.200. The Morgan fingerprint density at radius 2 is 0.941 bits per heavy atom. The molecule has 0 radical (unpaired) electrons. The summed E-state index contributed by atoms with van der Waals surface area (Å²) in [4.78, 5) is 0. The molecular weight excluding hydrogens is 551 g/mol. The van der Waals surface area contributed by atoms with E-state index in [9.17, 15) is 0 Å². The van der Waals surface area contributed by atoms with E-state index in [1.54, 1.807) is 28.8 Å². The van der Waals surface area contributed by atoms with Gasteiger partial charge in [-0.05, 0) is 0 Å². The van der Waals surface area contributed by atoms with Crippen molar-refractivity contribution in [2.24, 2.45) is 0 Å². The van der Waals surface area contributed by atoms with Gasteiger partial charge in [0.15, 0.2) is 0 Å². The second-order valence-corrected chi connectivity index (χ2v) is 28.8. The molecule has 0 aliphatic heterocycles. The number of rotatable bonds is 3. The minimum atomic E-state index is -2.02.